The molecule has 0 atom stereocenters. The van der Waals surface area contributed by atoms with Gasteiger partial charge in [0.05, 0.1) is 19.3 Å². The summed E-state index contributed by atoms with van der Waals surface area (Å²) in [5, 5.41) is 9.11. The Morgan fingerprint density at radius 2 is 2.31 bits per heavy atom. The van der Waals surface area contributed by atoms with E-state index in [-0.39, 0.29) is 6.61 Å². The normalized spacial score (nSPS) is 10.4. The summed E-state index contributed by atoms with van der Waals surface area (Å²) in [4.78, 5) is 3.92. The van der Waals surface area contributed by atoms with Gasteiger partial charge >= 0.3 is 0 Å². The van der Waals surface area contributed by atoms with Crippen LogP contribution in [0.15, 0.2) is 33.5 Å². The first-order chi connectivity index (χ1) is 7.76. The van der Waals surface area contributed by atoms with Crippen molar-refractivity contribution in [2.24, 2.45) is 0 Å². The second-order valence-corrected chi connectivity index (χ2v) is 4.05. The van der Waals surface area contributed by atoms with Crippen molar-refractivity contribution >= 4 is 15.9 Å². The molecule has 4 nitrogen and oxygen atoms in total. The molecule has 2 rings (SSSR count). The van der Waals surface area contributed by atoms with E-state index in [1.54, 1.807) is 7.11 Å². The zero-order valence-electron chi connectivity index (χ0n) is 8.61. The lowest BCUT2D eigenvalue weighted by Crippen LogP contribution is -1.91. The smallest absolute Gasteiger partial charge is 0.181 e. The van der Waals surface area contributed by atoms with Crippen molar-refractivity contribution in [1.29, 1.82) is 0 Å². The van der Waals surface area contributed by atoms with E-state index in [1.165, 1.54) is 6.39 Å². The molecule has 0 unspecified atom stereocenters. The highest BCUT2D eigenvalue weighted by atomic mass is 79.9. The number of hydrogen-bond acceptors (Lipinski definition) is 4. The first-order valence-corrected chi connectivity index (χ1v) is 5.42. The second-order valence-electron chi connectivity index (χ2n) is 3.13. The summed E-state index contributed by atoms with van der Waals surface area (Å²) in [6.45, 7) is -0.162. The number of aliphatic hydroxyl groups excluding tert-OH is 1. The molecular formula is C11H10BrNO3. The highest BCUT2D eigenvalue weighted by Crippen LogP contribution is 2.34. The second kappa shape index (κ2) is 4.67. The number of aliphatic hydroxyl groups is 1. The van der Waals surface area contributed by atoms with E-state index in [0.717, 1.165) is 10.0 Å². The number of methoxy groups -OCH3 is 1. The molecule has 0 aliphatic heterocycles. The molecule has 1 heterocycles. The molecule has 2 aromatic rings. The fourth-order valence-corrected chi connectivity index (χ4v) is 1.79. The standard InChI is InChI=1S/C11H10BrNO3/c1-15-10-4-7(12)2-3-8(10)11-9(5-14)13-6-16-11/h2-4,6,14H,5H2,1H3. The summed E-state index contributed by atoms with van der Waals surface area (Å²) < 4.78 is 11.4. The minimum Gasteiger partial charge on any atom is -0.496 e. The topological polar surface area (TPSA) is 55.5 Å². The highest BCUT2D eigenvalue weighted by Gasteiger charge is 2.14. The first kappa shape index (κ1) is 11.2. The highest BCUT2D eigenvalue weighted by molar-refractivity contribution is 9.10. The molecule has 0 aliphatic rings. The Morgan fingerprint density at radius 1 is 1.50 bits per heavy atom. The van der Waals surface area contributed by atoms with Gasteiger partial charge < -0.3 is 14.3 Å². The summed E-state index contributed by atoms with van der Waals surface area (Å²) in [6.07, 6.45) is 1.31. The van der Waals surface area contributed by atoms with Crippen molar-refractivity contribution < 1.29 is 14.3 Å². The molecular weight excluding hydrogens is 274 g/mol. The van der Waals surface area contributed by atoms with Gasteiger partial charge in [0, 0.05) is 4.47 Å². The van der Waals surface area contributed by atoms with Crippen LogP contribution in [0.5, 0.6) is 5.75 Å². The van der Waals surface area contributed by atoms with Gasteiger partial charge in [-0.25, -0.2) is 4.98 Å². The molecule has 0 bridgehead atoms. The average molecular weight is 284 g/mol. The maximum atomic E-state index is 9.11. The number of aromatic nitrogens is 1. The number of halogens is 1. The molecule has 1 aromatic heterocycles. The zero-order chi connectivity index (χ0) is 11.5. The molecule has 0 aliphatic carbocycles. The number of rotatable bonds is 3. The van der Waals surface area contributed by atoms with Crippen molar-refractivity contribution in [2.75, 3.05) is 7.11 Å². The van der Waals surface area contributed by atoms with Crippen LogP contribution in [0.1, 0.15) is 5.69 Å². The number of hydrogen-bond donors (Lipinski definition) is 1. The Hall–Kier alpha value is -1.33. The molecule has 0 spiro atoms. The summed E-state index contributed by atoms with van der Waals surface area (Å²) in [6, 6.07) is 5.56. The third kappa shape index (κ3) is 1.96. The van der Waals surface area contributed by atoms with E-state index in [2.05, 4.69) is 20.9 Å². The third-order valence-corrected chi connectivity index (χ3v) is 2.69. The van der Waals surface area contributed by atoms with E-state index in [4.69, 9.17) is 14.3 Å². The number of nitrogens with zero attached hydrogens (tertiary/aromatic N) is 1. The van der Waals surface area contributed by atoms with Crippen molar-refractivity contribution in [3.63, 3.8) is 0 Å². The number of oxazole rings is 1. The largest absolute Gasteiger partial charge is 0.496 e. The van der Waals surface area contributed by atoms with Gasteiger partial charge in [-0.05, 0) is 18.2 Å². The Morgan fingerprint density at radius 3 is 3.00 bits per heavy atom. The van der Waals surface area contributed by atoms with Crippen LogP contribution in [0.3, 0.4) is 0 Å². The van der Waals surface area contributed by atoms with E-state index in [0.29, 0.717) is 17.2 Å². The Bertz CT molecular complexity index is 496. The molecule has 0 amide bonds. The van der Waals surface area contributed by atoms with Crippen LogP contribution < -0.4 is 4.74 Å². The predicted molar refractivity (Wildman–Crippen MR) is 62.1 cm³/mol. The Kier molecular flexibility index (Phi) is 3.26. The summed E-state index contributed by atoms with van der Waals surface area (Å²) >= 11 is 3.36. The molecule has 0 saturated heterocycles. The maximum absolute atomic E-state index is 9.11. The predicted octanol–water partition coefficient (Wildman–Crippen LogP) is 2.61. The van der Waals surface area contributed by atoms with E-state index in [9.17, 15) is 0 Å². The quantitative estimate of drug-likeness (QED) is 0.941. The van der Waals surface area contributed by atoms with Crippen LogP contribution >= 0.6 is 15.9 Å². The lowest BCUT2D eigenvalue weighted by atomic mass is 10.1. The van der Waals surface area contributed by atoms with Gasteiger partial charge in [-0.3, -0.25) is 0 Å². The minimum atomic E-state index is -0.162. The lowest BCUT2D eigenvalue weighted by molar-refractivity contribution is 0.277. The SMILES string of the molecule is COc1cc(Br)ccc1-c1ocnc1CO. The fourth-order valence-electron chi connectivity index (χ4n) is 1.45. The van der Waals surface area contributed by atoms with Crippen molar-refractivity contribution in [3.05, 3.63) is 34.8 Å². The van der Waals surface area contributed by atoms with Gasteiger partial charge in [-0.2, -0.15) is 0 Å². The van der Waals surface area contributed by atoms with Gasteiger partial charge in [0.2, 0.25) is 0 Å². The molecule has 0 saturated carbocycles. The Labute approximate surface area is 101 Å². The zero-order valence-corrected chi connectivity index (χ0v) is 10.2. The fraction of sp³-hybridized carbons (Fsp3) is 0.182. The third-order valence-electron chi connectivity index (χ3n) is 2.20. The number of benzene rings is 1. The monoisotopic (exact) mass is 283 g/mol. The van der Waals surface area contributed by atoms with Crippen LogP contribution in [0, 0.1) is 0 Å². The maximum Gasteiger partial charge on any atom is 0.181 e. The summed E-state index contributed by atoms with van der Waals surface area (Å²) in [5.41, 5.74) is 1.27. The van der Waals surface area contributed by atoms with Crippen LogP contribution in [0.2, 0.25) is 0 Å². The Balaban J connectivity index is 2.55. The summed E-state index contributed by atoms with van der Waals surface area (Å²) in [5.74, 6) is 1.20. The van der Waals surface area contributed by atoms with E-state index >= 15 is 0 Å². The molecule has 0 fully saturated rings. The average Bonchev–Trinajstić information content (AvgIpc) is 2.76. The first-order valence-electron chi connectivity index (χ1n) is 4.63. The van der Waals surface area contributed by atoms with Gasteiger partial charge in [-0.1, -0.05) is 15.9 Å². The minimum absolute atomic E-state index is 0.162. The molecule has 5 heteroatoms. The lowest BCUT2D eigenvalue weighted by Gasteiger charge is -2.07. The van der Waals surface area contributed by atoms with Crippen LogP contribution in [-0.4, -0.2) is 17.2 Å². The van der Waals surface area contributed by atoms with Gasteiger partial charge in [0.1, 0.15) is 11.4 Å². The van der Waals surface area contributed by atoms with Crippen LogP contribution in [0.4, 0.5) is 0 Å². The molecule has 16 heavy (non-hydrogen) atoms. The van der Waals surface area contributed by atoms with Crippen LogP contribution in [-0.2, 0) is 6.61 Å². The van der Waals surface area contributed by atoms with Crippen LogP contribution in [0.25, 0.3) is 11.3 Å². The van der Waals surface area contributed by atoms with Gasteiger partial charge in [0.15, 0.2) is 12.2 Å². The van der Waals surface area contributed by atoms with Gasteiger partial charge in [-0.15, -0.1) is 0 Å². The summed E-state index contributed by atoms with van der Waals surface area (Å²) in [7, 11) is 1.58. The molecule has 1 aromatic carbocycles. The number of ether oxygens (including phenoxy) is 1. The molecule has 1 N–H and O–H groups in total. The van der Waals surface area contributed by atoms with Crippen molar-refractivity contribution in [2.45, 2.75) is 6.61 Å². The van der Waals surface area contributed by atoms with E-state index in [1.807, 2.05) is 18.2 Å². The van der Waals surface area contributed by atoms with Crippen molar-refractivity contribution in [3.8, 4) is 17.1 Å². The molecule has 84 valence electrons. The molecule has 0 radical (unpaired) electrons. The van der Waals surface area contributed by atoms with E-state index < -0.39 is 0 Å². The van der Waals surface area contributed by atoms with Crippen molar-refractivity contribution in [1.82, 2.24) is 4.98 Å². The van der Waals surface area contributed by atoms with Gasteiger partial charge in [0.25, 0.3) is 0 Å².